The van der Waals surface area contributed by atoms with Crippen LogP contribution in [0.1, 0.15) is 46.7 Å². The van der Waals surface area contributed by atoms with Crippen molar-refractivity contribution in [2.24, 2.45) is 23.3 Å². The lowest BCUT2D eigenvalue weighted by molar-refractivity contribution is -0.160. The van der Waals surface area contributed by atoms with E-state index in [2.05, 4.69) is 15.3 Å². The largest absolute Gasteiger partial charge is 0.480 e. The predicted molar refractivity (Wildman–Crippen MR) is 119 cm³/mol. The van der Waals surface area contributed by atoms with Crippen LogP contribution in [0.15, 0.2) is 12.5 Å². The summed E-state index contributed by atoms with van der Waals surface area (Å²) in [7, 11) is 0. The lowest BCUT2D eigenvalue weighted by Crippen LogP contribution is -2.62. The van der Waals surface area contributed by atoms with E-state index in [1.165, 1.54) is 19.4 Å². The number of imidazole rings is 1. The Labute approximate surface area is 193 Å². The molecule has 0 aromatic carbocycles. The van der Waals surface area contributed by atoms with Crippen molar-refractivity contribution in [2.75, 3.05) is 0 Å². The molecule has 0 radical (unpaired) electrons. The van der Waals surface area contributed by atoms with Crippen molar-refractivity contribution in [1.82, 2.24) is 20.2 Å². The van der Waals surface area contributed by atoms with Gasteiger partial charge in [0.05, 0.1) is 24.2 Å². The number of carboxylic acid groups (broad SMARTS) is 1. The summed E-state index contributed by atoms with van der Waals surface area (Å²) in [5.41, 5.74) is 12.0. The molecule has 33 heavy (non-hydrogen) atoms. The van der Waals surface area contributed by atoms with Crippen molar-refractivity contribution >= 4 is 23.7 Å². The number of aromatic amines is 1. The average molecular weight is 469 g/mol. The number of rotatable bonds is 12. The zero-order valence-corrected chi connectivity index (χ0v) is 19.7. The molecule has 0 spiro atoms. The van der Waals surface area contributed by atoms with E-state index in [9.17, 15) is 29.4 Å². The van der Waals surface area contributed by atoms with E-state index in [1.54, 1.807) is 13.8 Å². The highest BCUT2D eigenvalue weighted by molar-refractivity contribution is 6.04. The van der Waals surface area contributed by atoms with Gasteiger partial charge in [0.15, 0.2) is 0 Å². The number of carbonyl (C=O) groups excluding carboxylic acids is 3. The maximum atomic E-state index is 13.6. The molecule has 0 aliphatic carbocycles. The fourth-order valence-electron chi connectivity index (χ4n) is 3.22. The summed E-state index contributed by atoms with van der Waals surface area (Å²) in [6, 6.07) is -5.32. The van der Waals surface area contributed by atoms with E-state index < -0.39 is 59.9 Å². The van der Waals surface area contributed by atoms with E-state index in [0.717, 1.165) is 0 Å². The lowest BCUT2D eigenvalue weighted by Gasteiger charge is -2.34. The number of carbonyl (C=O) groups is 4. The van der Waals surface area contributed by atoms with E-state index in [1.807, 2.05) is 13.8 Å². The number of hydrogen-bond acceptors (Lipinski definition) is 8. The van der Waals surface area contributed by atoms with Crippen LogP contribution in [0, 0.1) is 11.8 Å². The Hall–Kier alpha value is -2.83. The highest BCUT2D eigenvalue weighted by Gasteiger charge is 2.42. The molecule has 12 nitrogen and oxygen atoms in total. The first-order valence-electron chi connectivity index (χ1n) is 10.8. The number of amides is 3. The molecule has 0 bridgehead atoms. The molecule has 0 fully saturated rings. The molecule has 1 rings (SSSR count). The number of hydrogen-bond donors (Lipinski definition) is 6. The summed E-state index contributed by atoms with van der Waals surface area (Å²) in [4.78, 5) is 58.7. The van der Waals surface area contributed by atoms with E-state index in [0.29, 0.717) is 10.6 Å². The van der Waals surface area contributed by atoms with Gasteiger partial charge in [-0.1, -0.05) is 27.7 Å². The summed E-state index contributed by atoms with van der Waals surface area (Å²) in [5.74, 6) is -4.54. The van der Waals surface area contributed by atoms with Crippen LogP contribution >= 0.6 is 0 Å². The number of nitrogens with two attached hydrogens (primary N) is 2. The van der Waals surface area contributed by atoms with Gasteiger partial charge in [0, 0.05) is 12.6 Å². The third-order valence-electron chi connectivity index (χ3n) is 5.12. The van der Waals surface area contributed by atoms with Crippen LogP contribution in [0.4, 0.5) is 0 Å². The van der Waals surface area contributed by atoms with Gasteiger partial charge in [-0.3, -0.25) is 19.3 Å². The van der Waals surface area contributed by atoms with Crippen LogP contribution in [0.3, 0.4) is 0 Å². The quantitative estimate of drug-likeness (QED) is 0.222. The van der Waals surface area contributed by atoms with Crippen LogP contribution in [0.5, 0.6) is 0 Å². The topological polar surface area (TPSA) is 205 Å². The maximum Gasteiger partial charge on any atom is 0.327 e. The smallest absolute Gasteiger partial charge is 0.327 e. The van der Waals surface area contributed by atoms with Crippen molar-refractivity contribution in [3.63, 3.8) is 0 Å². The van der Waals surface area contributed by atoms with Crippen molar-refractivity contribution in [3.05, 3.63) is 18.2 Å². The normalized spacial score (nSPS) is 16.1. The molecule has 12 heteroatoms. The molecule has 0 aliphatic heterocycles. The third-order valence-corrected chi connectivity index (χ3v) is 5.12. The van der Waals surface area contributed by atoms with Crippen molar-refractivity contribution in [2.45, 2.75) is 77.7 Å². The summed E-state index contributed by atoms with van der Waals surface area (Å²) < 4.78 is 0. The molecule has 5 unspecified atom stereocenters. The minimum Gasteiger partial charge on any atom is -0.480 e. The number of aliphatic hydroxyl groups is 1. The van der Waals surface area contributed by atoms with E-state index >= 15 is 0 Å². The van der Waals surface area contributed by atoms with Gasteiger partial charge in [-0.25, -0.2) is 9.78 Å². The van der Waals surface area contributed by atoms with Gasteiger partial charge < -0.3 is 32.0 Å². The van der Waals surface area contributed by atoms with Crippen molar-refractivity contribution in [3.8, 4) is 0 Å². The van der Waals surface area contributed by atoms with Crippen molar-refractivity contribution < 1.29 is 29.4 Å². The maximum absolute atomic E-state index is 13.6. The second kappa shape index (κ2) is 12.4. The first-order chi connectivity index (χ1) is 15.3. The molecule has 0 aliphatic rings. The molecule has 0 saturated carbocycles. The zero-order chi connectivity index (χ0) is 25.5. The van der Waals surface area contributed by atoms with Gasteiger partial charge in [0.25, 0.3) is 5.91 Å². The Bertz CT molecular complexity index is 810. The van der Waals surface area contributed by atoms with Crippen LogP contribution < -0.4 is 16.8 Å². The molecular formula is C21H36N6O6. The van der Waals surface area contributed by atoms with Gasteiger partial charge in [-0.05, 0) is 25.2 Å². The fraction of sp³-hybridized carbons (Fsp3) is 0.667. The molecule has 5 atom stereocenters. The molecule has 1 heterocycles. The molecule has 186 valence electrons. The van der Waals surface area contributed by atoms with Gasteiger partial charge in [0.2, 0.25) is 11.8 Å². The highest BCUT2D eigenvalue weighted by atomic mass is 16.4. The lowest BCUT2D eigenvalue weighted by atomic mass is 9.97. The highest BCUT2D eigenvalue weighted by Crippen LogP contribution is 2.17. The second-order valence-electron chi connectivity index (χ2n) is 8.90. The van der Waals surface area contributed by atoms with Crippen LogP contribution in [0.2, 0.25) is 0 Å². The Morgan fingerprint density at radius 2 is 1.73 bits per heavy atom. The Balaban J connectivity index is 3.40. The Morgan fingerprint density at radius 1 is 1.12 bits per heavy atom. The van der Waals surface area contributed by atoms with Crippen LogP contribution in [-0.4, -0.2) is 79.0 Å². The Kier molecular flexibility index (Phi) is 10.6. The molecule has 3 amide bonds. The molecule has 0 saturated heterocycles. The number of H-pyrrole nitrogens is 1. The number of nitrogens with zero attached hydrogens (tertiary/aromatic N) is 2. The van der Waals surface area contributed by atoms with Crippen LogP contribution in [-0.2, 0) is 25.6 Å². The number of aliphatic hydroxyl groups excluding tert-OH is 1. The summed E-state index contributed by atoms with van der Waals surface area (Å²) in [6.07, 6.45) is 1.60. The van der Waals surface area contributed by atoms with E-state index in [-0.39, 0.29) is 18.8 Å². The van der Waals surface area contributed by atoms with Gasteiger partial charge in [-0.2, -0.15) is 0 Å². The first-order valence-corrected chi connectivity index (χ1v) is 10.8. The zero-order valence-electron chi connectivity index (χ0n) is 19.7. The number of aliphatic carboxylic acids is 1. The number of imide groups is 1. The third kappa shape index (κ3) is 7.91. The second-order valence-corrected chi connectivity index (χ2v) is 8.90. The average Bonchev–Trinajstić information content (AvgIpc) is 3.22. The number of carboxylic acids is 1. The minimum atomic E-state index is -1.60. The molecule has 8 N–H and O–H groups in total. The van der Waals surface area contributed by atoms with Gasteiger partial charge >= 0.3 is 5.97 Å². The fourth-order valence-corrected chi connectivity index (χ4v) is 3.22. The first kappa shape index (κ1) is 28.2. The standard InChI is InChI=1S/C21H36N6O6/c1-10(2)6-14(22)19(30)27(15(21(32)33)7-13-8-24-9-25-13)20(31)17(11(3)4)26-18(29)16(23)12(5)28/h8-12,14-17,28H,6-7,22-23H2,1-5H3,(H,24,25)(H,26,29)(H,32,33). The number of nitrogens with one attached hydrogen (secondary N) is 2. The molecular weight excluding hydrogens is 432 g/mol. The monoisotopic (exact) mass is 468 g/mol. The number of aromatic nitrogens is 2. The van der Waals surface area contributed by atoms with Crippen LogP contribution in [0.25, 0.3) is 0 Å². The predicted octanol–water partition coefficient (Wildman–Crippen LogP) is -1.02. The van der Waals surface area contributed by atoms with Crippen molar-refractivity contribution in [1.29, 1.82) is 0 Å². The summed E-state index contributed by atoms with van der Waals surface area (Å²) >= 11 is 0. The molecule has 1 aromatic rings. The minimum absolute atomic E-state index is 0.0140. The van der Waals surface area contributed by atoms with Gasteiger partial charge in [0.1, 0.15) is 18.1 Å². The van der Waals surface area contributed by atoms with E-state index in [4.69, 9.17) is 11.5 Å². The summed E-state index contributed by atoms with van der Waals surface area (Å²) in [6.45, 7) is 8.24. The van der Waals surface area contributed by atoms with Gasteiger partial charge in [-0.15, -0.1) is 0 Å². The summed E-state index contributed by atoms with van der Waals surface area (Å²) in [5, 5.41) is 21.9. The molecule has 1 aromatic heterocycles. The SMILES string of the molecule is CC(C)CC(N)C(=O)N(C(=O)C(NC(=O)C(N)C(C)O)C(C)C)C(Cc1c[nH]cn1)C(=O)O. The Morgan fingerprint density at radius 3 is 2.15 bits per heavy atom.